The number of nitrogens with zero attached hydrogens (tertiary/aromatic N) is 1. The summed E-state index contributed by atoms with van der Waals surface area (Å²) in [6.45, 7) is 1.27. The van der Waals surface area contributed by atoms with Crippen LogP contribution in [0.2, 0.25) is 0 Å². The average molecular weight is 504 g/mol. The van der Waals surface area contributed by atoms with Crippen molar-refractivity contribution >= 4 is 33.4 Å². The summed E-state index contributed by atoms with van der Waals surface area (Å²) in [6.07, 6.45) is 0. The second-order valence-corrected chi connectivity index (χ2v) is 8.09. The molecule has 0 saturated carbocycles. The molecule has 1 N–H and O–H groups in total. The number of carbonyl (C=O) groups excluding carboxylic acids is 2. The smallest absolute Gasteiger partial charge is 0.295 e. The highest BCUT2D eigenvalue weighted by atomic mass is 79.9. The highest BCUT2D eigenvalue weighted by Gasteiger charge is 2.46. The highest BCUT2D eigenvalue weighted by molar-refractivity contribution is 9.10. The number of ether oxygens (including phenoxy) is 4. The molecule has 32 heavy (non-hydrogen) atoms. The Morgan fingerprint density at radius 2 is 1.88 bits per heavy atom. The number of aliphatic hydroxyl groups excluding tert-OH is 1. The first-order valence-electron chi connectivity index (χ1n) is 9.97. The van der Waals surface area contributed by atoms with Crippen LogP contribution in [0, 0.1) is 0 Å². The molecule has 2 aromatic carbocycles. The molecule has 0 spiro atoms. The van der Waals surface area contributed by atoms with Gasteiger partial charge in [0.1, 0.15) is 24.7 Å². The number of carbonyl (C=O) groups is 2. The van der Waals surface area contributed by atoms with E-state index in [1.807, 2.05) is 0 Å². The van der Waals surface area contributed by atoms with E-state index in [1.54, 1.807) is 36.4 Å². The van der Waals surface area contributed by atoms with Crippen molar-refractivity contribution in [2.24, 2.45) is 0 Å². The molecule has 1 amide bonds. The number of amides is 1. The molecule has 0 aromatic heterocycles. The quantitative estimate of drug-likeness (QED) is 0.367. The summed E-state index contributed by atoms with van der Waals surface area (Å²) in [7, 11) is 3.05. The van der Waals surface area contributed by atoms with Gasteiger partial charge in [0.15, 0.2) is 11.5 Å². The lowest BCUT2D eigenvalue weighted by Crippen LogP contribution is -2.32. The molecule has 2 heterocycles. The number of likely N-dealkylation sites (tertiary alicyclic amines) is 1. The van der Waals surface area contributed by atoms with Gasteiger partial charge < -0.3 is 29.0 Å². The Bertz CT molecular complexity index is 1100. The lowest BCUT2D eigenvalue weighted by Gasteiger charge is -2.26. The van der Waals surface area contributed by atoms with Gasteiger partial charge in [-0.3, -0.25) is 9.59 Å². The lowest BCUT2D eigenvalue weighted by molar-refractivity contribution is -0.140. The first kappa shape index (κ1) is 22.2. The molecule has 2 aliphatic heterocycles. The summed E-state index contributed by atoms with van der Waals surface area (Å²) in [4.78, 5) is 27.3. The number of Topliss-reactive ketones (excluding diaryl/α,β-unsaturated/α-hetero) is 1. The van der Waals surface area contributed by atoms with Crippen LogP contribution in [0.1, 0.15) is 17.2 Å². The van der Waals surface area contributed by atoms with Crippen LogP contribution in [0.3, 0.4) is 0 Å². The minimum atomic E-state index is -0.804. The van der Waals surface area contributed by atoms with Crippen LogP contribution < -0.4 is 14.2 Å². The Balaban J connectivity index is 1.85. The van der Waals surface area contributed by atoms with Gasteiger partial charge in [0, 0.05) is 19.2 Å². The van der Waals surface area contributed by atoms with E-state index in [2.05, 4.69) is 15.9 Å². The maximum absolute atomic E-state index is 13.0. The molecule has 0 aliphatic carbocycles. The number of hydrogen-bond acceptors (Lipinski definition) is 7. The van der Waals surface area contributed by atoms with E-state index in [4.69, 9.17) is 18.9 Å². The van der Waals surface area contributed by atoms with E-state index in [0.29, 0.717) is 46.1 Å². The molecule has 1 atom stereocenters. The summed E-state index contributed by atoms with van der Waals surface area (Å²) in [6, 6.07) is 9.37. The fourth-order valence-electron chi connectivity index (χ4n) is 3.85. The average Bonchev–Trinajstić information content (AvgIpc) is 3.06. The molecular weight excluding hydrogens is 482 g/mol. The summed E-state index contributed by atoms with van der Waals surface area (Å²) in [5.41, 5.74) is 1.00. The number of methoxy groups -OCH3 is 2. The van der Waals surface area contributed by atoms with Crippen LogP contribution in [0.5, 0.6) is 17.2 Å². The zero-order chi connectivity index (χ0) is 22.8. The van der Waals surface area contributed by atoms with Gasteiger partial charge in [-0.25, -0.2) is 0 Å². The molecule has 8 nitrogen and oxygen atoms in total. The number of fused-ring (bicyclic) bond motifs is 1. The summed E-state index contributed by atoms with van der Waals surface area (Å²) < 4.78 is 22.2. The Morgan fingerprint density at radius 1 is 1.12 bits per heavy atom. The SMILES string of the molecule is COCCN1C(=O)C(=O)/C(=C(/O)c2ccc(OC)c(Br)c2)C1c1ccc2c(c1)OCCO2. The number of aliphatic hydroxyl groups is 1. The van der Waals surface area contributed by atoms with Crippen LogP contribution in [0.15, 0.2) is 46.4 Å². The number of rotatable bonds is 6. The Labute approximate surface area is 193 Å². The minimum Gasteiger partial charge on any atom is -0.507 e. The molecule has 1 fully saturated rings. The van der Waals surface area contributed by atoms with Gasteiger partial charge in [0.2, 0.25) is 0 Å². The van der Waals surface area contributed by atoms with Crippen LogP contribution in [-0.4, -0.2) is 62.3 Å². The van der Waals surface area contributed by atoms with Crippen molar-refractivity contribution in [2.45, 2.75) is 6.04 Å². The van der Waals surface area contributed by atoms with Gasteiger partial charge >= 0.3 is 0 Å². The van der Waals surface area contributed by atoms with E-state index >= 15 is 0 Å². The van der Waals surface area contributed by atoms with Gasteiger partial charge in [-0.2, -0.15) is 0 Å². The monoisotopic (exact) mass is 503 g/mol. The number of ketones is 1. The Morgan fingerprint density at radius 3 is 2.56 bits per heavy atom. The first-order valence-corrected chi connectivity index (χ1v) is 10.8. The Hall–Kier alpha value is -3.04. The van der Waals surface area contributed by atoms with E-state index in [0.717, 1.165) is 0 Å². The highest BCUT2D eigenvalue weighted by Crippen LogP contribution is 2.43. The van der Waals surface area contributed by atoms with Gasteiger partial charge in [0.05, 0.1) is 29.8 Å². The van der Waals surface area contributed by atoms with Gasteiger partial charge in [-0.1, -0.05) is 6.07 Å². The van der Waals surface area contributed by atoms with Crippen molar-refractivity contribution in [3.8, 4) is 17.2 Å². The second kappa shape index (κ2) is 9.22. The second-order valence-electron chi connectivity index (χ2n) is 7.24. The van der Waals surface area contributed by atoms with Crippen LogP contribution in [0.4, 0.5) is 0 Å². The van der Waals surface area contributed by atoms with E-state index < -0.39 is 17.7 Å². The molecule has 1 saturated heterocycles. The number of benzene rings is 2. The molecule has 1 unspecified atom stereocenters. The third kappa shape index (κ3) is 3.93. The predicted octanol–water partition coefficient (Wildman–Crippen LogP) is 3.30. The number of hydrogen-bond donors (Lipinski definition) is 1. The fraction of sp³-hybridized carbons (Fsp3) is 0.304. The lowest BCUT2D eigenvalue weighted by atomic mass is 9.95. The van der Waals surface area contributed by atoms with Gasteiger partial charge in [-0.05, 0) is 51.8 Å². The molecule has 2 aromatic rings. The zero-order valence-corrected chi connectivity index (χ0v) is 19.2. The molecule has 9 heteroatoms. The van der Waals surface area contributed by atoms with Crippen molar-refractivity contribution in [3.05, 3.63) is 57.6 Å². The van der Waals surface area contributed by atoms with Crippen molar-refractivity contribution in [1.29, 1.82) is 0 Å². The minimum absolute atomic E-state index is 0.000141. The number of halogens is 1. The topological polar surface area (TPSA) is 94.5 Å². The molecule has 2 aliphatic rings. The third-order valence-electron chi connectivity index (χ3n) is 5.38. The normalized spacial score (nSPS) is 19.3. The van der Waals surface area contributed by atoms with Crippen molar-refractivity contribution < 1.29 is 33.6 Å². The van der Waals surface area contributed by atoms with E-state index in [1.165, 1.54) is 19.1 Å². The zero-order valence-electron chi connectivity index (χ0n) is 17.6. The fourth-order valence-corrected chi connectivity index (χ4v) is 4.39. The van der Waals surface area contributed by atoms with Crippen LogP contribution in [0.25, 0.3) is 5.76 Å². The first-order chi connectivity index (χ1) is 15.5. The van der Waals surface area contributed by atoms with E-state index in [-0.39, 0.29) is 24.5 Å². The molecule has 4 rings (SSSR count). The largest absolute Gasteiger partial charge is 0.507 e. The predicted molar refractivity (Wildman–Crippen MR) is 119 cm³/mol. The summed E-state index contributed by atoms with van der Waals surface area (Å²) >= 11 is 3.39. The Kier molecular flexibility index (Phi) is 6.38. The maximum atomic E-state index is 13.0. The van der Waals surface area contributed by atoms with Crippen molar-refractivity contribution in [3.63, 3.8) is 0 Å². The maximum Gasteiger partial charge on any atom is 0.295 e. The van der Waals surface area contributed by atoms with Crippen molar-refractivity contribution in [1.82, 2.24) is 4.90 Å². The molecule has 168 valence electrons. The molecule has 0 radical (unpaired) electrons. The third-order valence-corrected chi connectivity index (χ3v) is 6.00. The van der Waals surface area contributed by atoms with Gasteiger partial charge in [0.25, 0.3) is 11.7 Å². The van der Waals surface area contributed by atoms with Crippen LogP contribution >= 0.6 is 15.9 Å². The molecule has 0 bridgehead atoms. The van der Waals surface area contributed by atoms with E-state index in [9.17, 15) is 14.7 Å². The summed E-state index contributed by atoms with van der Waals surface area (Å²) in [5.74, 6) is -0.0373. The standard InChI is InChI=1S/C23H22BrNO7/c1-29-8-7-25-20(13-3-6-17-18(12-13)32-10-9-31-17)19(22(27)23(25)28)21(26)14-4-5-16(30-2)15(24)11-14/h3-6,11-12,20,26H,7-10H2,1-2H3/b21-19+. The van der Waals surface area contributed by atoms with Crippen molar-refractivity contribution in [2.75, 3.05) is 40.6 Å². The summed E-state index contributed by atoms with van der Waals surface area (Å²) in [5, 5.41) is 11.1. The molecular formula is C23H22BrNO7. The van der Waals surface area contributed by atoms with Gasteiger partial charge in [-0.15, -0.1) is 0 Å². The van der Waals surface area contributed by atoms with Crippen LogP contribution in [-0.2, 0) is 14.3 Å².